The zero-order chi connectivity index (χ0) is 29.7. The molecule has 0 radical (unpaired) electrons. The Morgan fingerprint density at radius 1 is 0.857 bits per heavy atom. The molecule has 1 aliphatic carbocycles. The zero-order valence-electron chi connectivity index (χ0n) is 23.4. The number of hydrogen-bond acceptors (Lipinski definition) is 13. The van der Waals surface area contributed by atoms with Gasteiger partial charge in [0.2, 0.25) is 12.5 Å². The lowest BCUT2D eigenvalue weighted by atomic mass is 9.65. The summed E-state index contributed by atoms with van der Waals surface area (Å²) in [5, 5.41) is 53.9. The smallest absolute Gasteiger partial charge is 0.231 e. The number of phenolic OH excluding ortho intramolecular Hbond substituents is 1. The van der Waals surface area contributed by atoms with Crippen LogP contribution in [0.3, 0.4) is 0 Å². The van der Waals surface area contributed by atoms with Crippen LogP contribution in [0.4, 0.5) is 0 Å². The molecule has 6 rings (SSSR count). The van der Waals surface area contributed by atoms with Crippen molar-refractivity contribution in [3.63, 3.8) is 0 Å². The maximum absolute atomic E-state index is 11.0. The van der Waals surface area contributed by atoms with Gasteiger partial charge in [-0.1, -0.05) is 0 Å². The van der Waals surface area contributed by atoms with Crippen LogP contribution in [-0.2, 0) is 18.9 Å². The number of benzene rings is 2. The second-order valence-corrected chi connectivity index (χ2v) is 10.9. The fourth-order valence-corrected chi connectivity index (χ4v) is 6.54. The molecule has 230 valence electrons. The van der Waals surface area contributed by atoms with Gasteiger partial charge in [-0.15, -0.1) is 0 Å². The average Bonchev–Trinajstić information content (AvgIpc) is 3.46. The Hall–Kier alpha value is -2.88. The van der Waals surface area contributed by atoms with Crippen LogP contribution in [0.25, 0.3) is 0 Å². The van der Waals surface area contributed by atoms with E-state index in [1.54, 1.807) is 31.2 Å². The number of aliphatic hydroxyl groups is 4. The lowest BCUT2D eigenvalue weighted by Crippen LogP contribution is -2.63. The Morgan fingerprint density at radius 3 is 2.12 bits per heavy atom. The minimum atomic E-state index is -1.47. The molecule has 2 fully saturated rings. The third-order valence-corrected chi connectivity index (χ3v) is 8.64. The maximum atomic E-state index is 11.0. The molecule has 0 spiro atoms. The van der Waals surface area contributed by atoms with E-state index in [-0.39, 0.29) is 37.3 Å². The van der Waals surface area contributed by atoms with Crippen molar-refractivity contribution in [1.82, 2.24) is 0 Å². The first-order valence-corrected chi connectivity index (χ1v) is 13.8. The van der Waals surface area contributed by atoms with E-state index in [0.717, 1.165) is 0 Å². The number of methoxy groups -OCH3 is 2. The Labute approximate surface area is 242 Å². The SMILES string of the molecule is COc1cc([C@@H]2c3cc4c(cc3[C@@H](O[C@@H]3O[C@@H]5CO[C@@H](C)O[C@H]5[C@H](O)[C@H]3O)[C@@H](CO)[C@@H]2CO)OCO4)cc(OC)c1O. The van der Waals surface area contributed by atoms with E-state index in [1.165, 1.54) is 14.2 Å². The molecule has 13 nitrogen and oxygen atoms in total. The van der Waals surface area contributed by atoms with E-state index >= 15 is 0 Å². The molecule has 2 aromatic rings. The number of hydrogen-bond donors (Lipinski definition) is 5. The van der Waals surface area contributed by atoms with Crippen LogP contribution >= 0.6 is 0 Å². The van der Waals surface area contributed by atoms with Crippen LogP contribution in [0.15, 0.2) is 24.3 Å². The summed E-state index contributed by atoms with van der Waals surface area (Å²) < 4.78 is 45.7. The molecule has 0 bridgehead atoms. The summed E-state index contributed by atoms with van der Waals surface area (Å²) >= 11 is 0. The fourth-order valence-electron chi connectivity index (χ4n) is 6.54. The molecule has 3 aliphatic heterocycles. The Morgan fingerprint density at radius 2 is 1.50 bits per heavy atom. The van der Waals surface area contributed by atoms with Crippen molar-refractivity contribution in [1.29, 1.82) is 0 Å². The van der Waals surface area contributed by atoms with Crippen molar-refractivity contribution in [2.24, 2.45) is 11.8 Å². The first kappa shape index (κ1) is 29.2. The maximum Gasteiger partial charge on any atom is 0.231 e. The van der Waals surface area contributed by atoms with Crippen LogP contribution in [-0.4, -0.2) is 103 Å². The van der Waals surface area contributed by atoms with Crippen LogP contribution in [0, 0.1) is 11.8 Å². The lowest BCUT2D eigenvalue weighted by molar-refractivity contribution is -0.365. The summed E-state index contributed by atoms with van der Waals surface area (Å²) in [6.45, 7) is 1.09. The molecule has 0 amide bonds. The number of ether oxygens (including phenoxy) is 8. The molecule has 42 heavy (non-hydrogen) atoms. The molecule has 4 aliphatic rings. The lowest BCUT2D eigenvalue weighted by Gasteiger charge is -2.48. The van der Waals surface area contributed by atoms with Crippen molar-refractivity contribution >= 4 is 0 Å². The van der Waals surface area contributed by atoms with Crippen LogP contribution in [0.2, 0.25) is 0 Å². The van der Waals surface area contributed by atoms with Crippen LogP contribution in [0.1, 0.15) is 35.6 Å². The molecule has 2 aromatic carbocycles. The predicted molar refractivity (Wildman–Crippen MR) is 142 cm³/mol. The van der Waals surface area contributed by atoms with Crippen LogP contribution < -0.4 is 18.9 Å². The van der Waals surface area contributed by atoms with Gasteiger partial charge in [-0.2, -0.15) is 0 Å². The van der Waals surface area contributed by atoms with Gasteiger partial charge in [0, 0.05) is 31.0 Å². The first-order valence-electron chi connectivity index (χ1n) is 13.8. The summed E-state index contributed by atoms with van der Waals surface area (Å²) in [6.07, 6.45) is -7.06. The van der Waals surface area contributed by atoms with Gasteiger partial charge in [-0.3, -0.25) is 0 Å². The molecule has 0 unspecified atom stereocenters. The third kappa shape index (κ3) is 4.83. The van der Waals surface area contributed by atoms with Gasteiger partial charge >= 0.3 is 0 Å². The highest BCUT2D eigenvalue weighted by Crippen LogP contribution is 2.55. The van der Waals surface area contributed by atoms with E-state index in [0.29, 0.717) is 28.2 Å². The Kier molecular flexibility index (Phi) is 8.11. The van der Waals surface area contributed by atoms with Gasteiger partial charge in [-0.05, 0) is 47.9 Å². The highest BCUT2D eigenvalue weighted by atomic mass is 16.8. The molecular weight excluding hydrogens is 556 g/mol. The molecule has 10 atom stereocenters. The molecule has 13 heteroatoms. The summed E-state index contributed by atoms with van der Waals surface area (Å²) in [5.41, 5.74) is 1.95. The van der Waals surface area contributed by atoms with Gasteiger partial charge in [-0.25, -0.2) is 0 Å². The number of aliphatic hydroxyl groups excluding tert-OH is 4. The fraction of sp³-hybridized carbons (Fsp3) is 0.586. The molecule has 0 saturated carbocycles. The highest BCUT2D eigenvalue weighted by Gasteiger charge is 2.52. The summed E-state index contributed by atoms with van der Waals surface area (Å²) in [6, 6.07) is 6.87. The predicted octanol–water partition coefficient (Wildman–Crippen LogP) is 0.766. The van der Waals surface area contributed by atoms with E-state index in [2.05, 4.69) is 0 Å². The summed E-state index contributed by atoms with van der Waals surface area (Å²) in [5.74, 6) is -0.714. The second-order valence-electron chi connectivity index (χ2n) is 10.9. The van der Waals surface area contributed by atoms with Crippen molar-refractivity contribution in [2.45, 2.75) is 55.9 Å². The summed E-state index contributed by atoms with van der Waals surface area (Å²) in [7, 11) is 2.85. The standard InChI is InChI=1S/C29H36O13/c1-12-37-10-22-28(40-12)25(33)26(34)29(41-22)42-27-15-7-19-18(38-11-39-19)6-14(15)23(16(8-30)17(27)9-31)13-4-20(35-2)24(32)21(5-13)36-3/h4-7,12,16-17,22-23,25-34H,8-11H2,1-3H3/t12-,16+,17+,22-,23-,25-,26-,27-,28-,29+/m1/s1. The van der Waals surface area contributed by atoms with Crippen LogP contribution in [0.5, 0.6) is 28.7 Å². The Bertz CT molecular complexity index is 1260. The number of aromatic hydroxyl groups is 1. The molecule has 5 N–H and O–H groups in total. The van der Waals surface area contributed by atoms with Crippen molar-refractivity contribution in [2.75, 3.05) is 40.8 Å². The van der Waals surface area contributed by atoms with Crippen molar-refractivity contribution < 1.29 is 63.4 Å². The average molecular weight is 593 g/mol. The van der Waals surface area contributed by atoms with Gasteiger partial charge in [0.25, 0.3) is 0 Å². The van der Waals surface area contributed by atoms with E-state index < -0.39 is 67.5 Å². The second kappa shape index (κ2) is 11.7. The largest absolute Gasteiger partial charge is 0.502 e. The molecule has 3 heterocycles. The first-order chi connectivity index (χ1) is 20.3. The number of fused-ring (bicyclic) bond motifs is 3. The summed E-state index contributed by atoms with van der Waals surface area (Å²) in [4.78, 5) is 0. The molecular formula is C29H36O13. The van der Waals surface area contributed by atoms with Crippen molar-refractivity contribution in [3.8, 4) is 28.7 Å². The van der Waals surface area contributed by atoms with Gasteiger partial charge in [0.15, 0.2) is 35.6 Å². The van der Waals surface area contributed by atoms with E-state index in [4.69, 9.17) is 37.9 Å². The Balaban J connectivity index is 1.44. The third-order valence-electron chi connectivity index (χ3n) is 8.64. The highest BCUT2D eigenvalue weighted by molar-refractivity contribution is 5.58. The monoisotopic (exact) mass is 592 g/mol. The normalized spacial score (nSPS) is 35.3. The minimum absolute atomic E-state index is 0.0141. The quantitative estimate of drug-likeness (QED) is 0.305. The molecule has 0 aromatic heterocycles. The van der Waals surface area contributed by atoms with E-state index in [1.807, 2.05) is 0 Å². The zero-order valence-corrected chi connectivity index (χ0v) is 23.4. The van der Waals surface area contributed by atoms with Crippen molar-refractivity contribution in [3.05, 3.63) is 41.0 Å². The minimum Gasteiger partial charge on any atom is -0.502 e. The van der Waals surface area contributed by atoms with Gasteiger partial charge in [0.1, 0.15) is 24.4 Å². The van der Waals surface area contributed by atoms with Gasteiger partial charge < -0.3 is 63.4 Å². The number of rotatable bonds is 7. The topological polar surface area (TPSA) is 175 Å². The van der Waals surface area contributed by atoms with Gasteiger partial charge in [0.05, 0.1) is 26.9 Å². The molecule has 2 saturated heterocycles. The van der Waals surface area contributed by atoms with E-state index in [9.17, 15) is 25.5 Å². The number of phenols is 1.